The summed E-state index contributed by atoms with van der Waals surface area (Å²) < 4.78 is 7.44. The number of nitrogens with two attached hydrogens (primary N) is 1. The number of aromatic nitrogens is 2. The first-order valence-corrected chi connectivity index (χ1v) is 8.26. The molecule has 3 rings (SSSR count). The normalized spacial score (nSPS) is 16.5. The van der Waals surface area contributed by atoms with Crippen LogP contribution in [0.3, 0.4) is 0 Å². The van der Waals surface area contributed by atoms with Crippen LogP contribution in [0.5, 0.6) is 5.75 Å². The summed E-state index contributed by atoms with van der Waals surface area (Å²) in [5.41, 5.74) is 10.7. The number of carbonyl (C=O) groups excluding carboxylic acids is 1. The van der Waals surface area contributed by atoms with Crippen LogP contribution in [0.4, 0.5) is 5.69 Å². The van der Waals surface area contributed by atoms with Gasteiger partial charge in [0.15, 0.2) is 12.4 Å². The van der Waals surface area contributed by atoms with Gasteiger partial charge < -0.3 is 15.8 Å². The lowest BCUT2D eigenvalue weighted by Gasteiger charge is -2.26. The van der Waals surface area contributed by atoms with Gasteiger partial charge in [-0.3, -0.25) is 9.48 Å². The second-order valence-electron chi connectivity index (χ2n) is 6.38. The lowest BCUT2D eigenvalue weighted by Crippen LogP contribution is -2.34. The summed E-state index contributed by atoms with van der Waals surface area (Å²) in [7, 11) is 1.86. The Morgan fingerprint density at radius 1 is 1.46 bits per heavy atom. The third kappa shape index (κ3) is 3.22. The molecule has 0 fully saturated rings. The van der Waals surface area contributed by atoms with Gasteiger partial charge in [-0.05, 0) is 56.4 Å². The maximum atomic E-state index is 12.3. The van der Waals surface area contributed by atoms with Gasteiger partial charge in [0.1, 0.15) is 5.69 Å². The van der Waals surface area contributed by atoms with E-state index in [9.17, 15) is 4.79 Å². The number of hydrogen-bond donors (Lipinski definition) is 2. The van der Waals surface area contributed by atoms with Gasteiger partial charge in [0.2, 0.25) is 0 Å². The van der Waals surface area contributed by atoms with Crippen molar-refractivity contribution in [3.8, 4) is 5.75 Å². The molecule has 1 aromatic heterocycles. The van der Waals surface area contributed by atoms with Crippen molar-refractivity contribution in [3.63, 3.8) is 0 Å². The van der Waals surface area contributed by atoms with E-state index in [1.165, 1.54) is 5.56 Å². The number of aryl methyl sites for hydroxylation is 3. The van der Waals surface area contributed by atoms with E-state index in [0.29, 0.717) is 5.75 Å². The second-order valence-corrected chi connectivity index (χ2v) is 6.38. The van der Waals surface area contributed by atoms with Crippen molar-refractivity contribution in [3.05, 3.63) is 40.7 Å². The van der Waals surface area contributed by atoms with Crippen molar-refractivity contribution in [2.24, 2.45) is 7.05 Å². The number of fused-ring (bicyclic) bond motifs is 1. The van der Waals surface area contributed by atoms with E-state index < -0.39 is 0 Å². The molecule has 0 spiro atoms. The highest BCUT2D eigenvalue weighted by Gasteiger charge is 2.22. The molecule has 24 heavy (non-hydrogen) atoms. The average Bonchev–Trinajstić information content (AvgIpc) is 2.78. The van der Waals surface area contributed by atoms with Gasteiger partial charge in [0.25, 0.3) is 5.91 Å². The lowest BCUT2D eigenvalue weighted by atomic mass is 9.87. The van der Waals surface area contributed by atoms with Gasteiger partial charge >= 0.3 is 0 Å². The molecule has 0 radical (unpaired) electrons. The molecule has 0 bridgehead atoms. The number of anilines is 1. The van der Waals surface area contributed by atoms with E-state index in [0.717, 1.165) is 41.9 Å². The lowest BCUT2D eigenvalue weighted by molar-refractivity contribution is -0.124. The quantitative estimate of drug-likeness (QED) is 0.843. The molecule has 0 saturated carbocycles. The van der Waals surface area contributed by atoms with Crippen molar-refractivity contribution < 1.29 is 9.53 Å². The summed E-state index contributed by atoms with van der Waals surface area (Å²) in [6, 6.07) is 5.95. The summed E-state index contributed by atoms with van der Waals surface area (Å²) in [4.78, 5) is 12.3. The van der Waals surface area contributed by atoms with Crippen molar-refractivity contribution in [2.45, 2.75) is 39.2 Å². The van der Waals surface area contributed by atoms with Gasteiger partial charge in [0, 0.05) is 12.7 Å². The molecule has 2 aromatic rings. The third-order valence-electron chi connectivity index (χ3n) is 4.61. The number of rotatable bonds is 4. The fourth-order valence-corrected chi connectivity index (χ4v) is 3.32. The molecular formula is C18H24N4O2. The second kappa shape index (κ2) is 6.55. The Hall–Kier alpha value is -2.50. The molecule has 3 N–H and O–H groups in total. The molecule has 6 heteroatoms. The van der Waals surface area contributed by atoms with E-state index in [4.69, 9.17) is 10.5 Å². The molecule has 1 atom stereocenters. The Bertz CT molecular complexity index is 767. The average molecular weight is 328 g/mol. The van der Waals surface area contributed by atoms with Crippen molar-refractivity contribution >= 4 is 11.6 Å². The standard InChI is InChI=1S/C18H24N4O2/c1-11-18(12(2)22(3)21-11)24-10-17(23)20-16-6-4-5-13-9-14(19)7-8-15(13)16/h7-9,16H,4-6,10,19H2,1-3H3,(H,20,23). The van der Waals surface area contributed by atoms with Gasteiger partial charge in [-0.15, -0.1) is 0 Å². The van der Waals surface area contributed by atoms with Crippen LogP contribution in [-0.2, 0) is 18.3 Å². The maximum Gasteiger partial charge on any atom is 0.258 e. The number of hydrogen-bond acceptors (Lipinski definition) is 4. The monoisotopic (exact) mass is 328 g/mol. The maximum absolute atomic E-state index is 12.3. The van der Waals surface area contributed by atoms with Crippen molar-refractivity contribution in [1.29, 1.82) is 0 Å². The predicted octanol–water partition coefficient (Wildman–Crippen LogP) is 2.19. The van der Waals surface area contributed by atoms with Crippen LogP contribution in [0.15, 0.2) is 18.2 Å². The van der Waals surface area contributed by atoms with Crippen LogP contribution >= 0.6 is 0 Å². The molecule has 1 amide bonds. The Balaban J connectivity index is 1.64. The van der Waals surface area contributed by atoms with Crippen molar-refractivity contribution in [1.82, 2.24) is 15.1 Å². The molecule has 1 aliphatic rings. The minimum atomic E-state index is -0.118. The number of nitrogens with zero attached hydrogens (tertiary/aromatic N) is 2. The number of benzene rings is 1. The van der Waals surface area contributed by atoms with Crippen LogP contribution in [0.1, 0.15) is 41.4 Å². The van der Waals surface area contributed by atoms with Gasteiger partial charge in [-0.25, -0.2) is 0 Å². The molecule has 128 valence electrons. The Morgan fingerprint density at radius 3 is 2.96 bits per heavy atom. The molecule has 1 unspecified atom stereocenters. The molecule has 1 aromatic carbocycles. The van der Waals surface area contributed by atoms with Gasteiger partial charge in [0.05, 0.1) is 11.7 Å². The van der Waals surface area contributed by atoms with Gasteiger partial charge in [-0.2, -0.15) is 5.10 Å². The zero-order chi connectivity index (χ0) is 17.3. The largest absolute Gasteiger partial charge is 0.480 e. The van der Waals surface area contributed by atoms with Crippen molar-refractivity contribution in [2.75, 3.05) is 12.3 Å². The highest BCUT2D eigenvalue weighted by Crippen LogP contribution is 2.31. The SMILES string of the molecule is Cc1nn(C)c(C)c1OCC(=O)NC1CCCc2cc(N)ccc21. The first kappa shape index (κ1) is 16.4. The molecule has 6 nitrogen and oxygen atoms in total. The highest BCUT2D eigenvalue weighted by atomic mass is 16.5. The van der Waals surface area contributed by atoms with E-state index in [-0.39, 0.29) is 18.6 Å². The predicted molar refractivity (Wildman–Crippen MR) is 92.9 cm³/mol. The van der Waals surface area contributed by atoms with E-state index >= 15 is 0 Å². The fourth-order valence-electron chi connectivity index (χ4n) is 3.32. The Morgan fingerprint density at radius 2 is 2.25 bits per heavy atom. The summed E-state index contributed by atoms with van der Waals surface area (Å²) in [5.74, 6) is 0.566. The molecule has 0 aliphatic heterocycles. The van der Waals surface area contributed by atoms with Gasteiger partial charge in [-0.1, -0.05) is 6.07 Å². The number of nitrogen functional groups attached to an aromatic ring is 1. The molecule has 1 aliphatic carbocycles. The molecule has 1 heterocycles. The summed E-state index contributed by atoms with van der Waals surface area (Å²) >= 11 is 0. The topological polar surface area (TPSA) is 82.2 Å². The zero-order valence-corrected chi connectivity index (χ0v) is 14.4. The summed E-state index contributed by atoms with van der Waals surface area (Å²) in [5, 5.41) is 7.37. The van der Waals surface area contributed by atoms with E-state index in [1.54, 1.807) is 4.68 Å². The van der Waals surface area contributed by atoms with Crippen LogP contribution in [-0.4, -0.2) is 22.3 Å². The van der Waals surface area contributed by atoms with Crippen LogP contribution < -0.4 is 15.8 Å². The molecular weight excluding hydrogens is 304 g/mol. The Labute approximate surface area is 142 Å². The van der Waals surface area contributed by atoms with Crippen LogP contribution in [0.2, 0.25) is 0 Å². The number of nitrogens with one attached hydrogen (secondary N) is 1. The number of amides is 1. The first-order chi connectivity index (χ1) is 11.5. The smallest absolute Gasteiger partial charge is 0.258 e. The minimum absolute atomic E-state index is 0.00577. The zero-order valence-electron chi connectivity index (χ0n) is 14.4. The number of ether oxygens (including phenoxy) is 1. The summed E-state index contributed by atoms with van der Waals surface area (Å²) in [6.07, 6.45) is 2.99. The highest BCUT2D eigenvalue weighted by molar-refractivity contribution is 5.78. The fraction of sp³-hybridized carbons (Fsp3) is 0.444. The molecule has 0 saturated heterocycles. The number of carbonyl (C=O) groups is 1. The van der Waals surface area contributed by atoms with E-state index in [2.05, 4.69) is 10.4 Å². The van der Waals surface area contributed by atoms with Crippen LogP contribution in [0, 0.1) is 13.8 Å². The summed E-state index contributed by atoms with van der Waals surface area (Å²) in [6.45, 7) is 3.80. The first-order valence-electron chi connectivity index (χ1n) is 8.26. The minimum Gasteiger partial charge on any atom is -0.480 e. The Kier molecular flexibility index (Phi) is 4.46. The van der Waals surface area contributed by atoms with Crippen LogP contribution in [0.25, 0.3) is 0 Å². The van der Waals surface area contributed by atoms with E-state index in [1.807, 2.05) is 39.1 Å². The third-order valence-corrected chi connectivity index (χ3v) is 4.61.